The lowest BCUT2D eigenvalue weighted by molar-refractivity contribution is 0.0470. The van der Waals surface area contributed by atoms with E-state index in [9.17, 15) is 9.90 Å². The van der Waals surface area contributed by atoms with Gasteiger partial charge in [0.15, 0.2) is 0 Å². The van der Waals surface area contributed by atoms with Crippen LogP contribution in [-0.2, 0) is 11.3 Å². The van der Waals surface area contributed by atoms with Crippen LogP contribution in [0.5, 0.6) is 5.75 Å². The Hall–Kier alpha value is -3.33. The maximum absolute atomic E-state index is 12.4. The number of aromatic hydroxyl groups is 1. The van der Waals surface area contributed by atoms with Gasteiger partial charge in [0.2, 0.25) is 0 Å². The third-order valence-electron chi connectivity index (χ3n) is 4.27. The van der Waals surface area contributed by atoms with Crippen LogP contribution in [0.3, 0.4) is 0 Å². The maximum atomic E-state index is 12.4. The van der Waals surface area contributed by atoms with Gasteiger partial charge >= 0.3 is 5.97 Å². The third kappa shape index (κ3) is 3.04. The predicted molar refractivity (Wildman–Crippen MR) is 98.7 cm³/mol. The number of hydrogen-bond donors (Lipinski definition) is 1. The largest absolute Gasteiger partial charge is 0.507 e. The minimum atomic E-state index is -0.531. The first-order valence-electron chi connectivity index (χ1n) is 8.07. The zero-order valence-electron chi connectivity index (χ0n) is 13.5. The van der Waals surface area contributed by atoms with Gasteiger partial charge in [0.05, 0.1) is 0 Å². The van der Waals surface area contributed by atoms with Crippen molar-refractivity contribution in [3.63, 3.8) is 0 Å². The first kappa shape index (κ1) is 15.2. The number of hydrogen-bond acceptors (Lipinski definition) is 3. The summed E-state index contributed by atoms with van der Waals surface area (Å²) in [5.74, 6) is -0.598. The lowest BCUT2D eigenvalue weighted by Gasteiger charge is -2.09. The molecule has 0 amide bonds. The van der Waals surface area contributed by atoms with Gasteiger partial charge in [-0.2, -0.15) is 0 Å². The average Bonchev–Trinajstić information content (AvgIpc) is 2.65. The predicted octanol–water partition coefficient (Wildman–Crippen LogP) is 5.06. The van der Waals surface area contributed by atoms with Gasteiger partial charge in [-0.1, -0.05) is 60.7 Å². The second kappa shape index (κ2) is 6.29. The van der Waals surface area contributed by atoms with E-state index in [4.69, 9.17) is 4.74 Å². The Morgan fingerprint density at radius 3 is 2.08 bits per heavy atom. The lowest BCUT2D eigenvalue weighted by Crippen LogP contribution is -2.05. The van der Waals surface area contributed by atoms with Crippen LogP contribution in [0.2, 0.25) is 0 Å². The Bertz CT molecular complexity index is 1080. The standard InChI is InChI=1S/C22H16O3/c23-21-13-19-8-4-3-7-18(19)12-20(21)22(24)25-14-15-9-10-16-5-1-2-6-17(16)11-15/h1-13,23H,14H2. The van der Waals surface area contributed by atoms with Crippen LogP contribution in [0, 0.1) is 0 Å². The summed E-state index contributed by atoms with van der Waals surface area (Å²) < 4.78 is 5.39. The summed E-state index contributed by atoms with van der Waals surface area (Å²) in [5, 5.41) is 14.1. The van der Waals surface area contributed by atoms with E-state index in [1.54, 1.807) is 12.1 Å². The van der Waals surface area contributed by atoms with Crippen molar-refractivity contribution in [2.75, 3.05) is 0 Å². The Labute approximate surface area is 145 Å². The molecular weight excluding hydrogens is 312 g/mol. The van der Waals surface area contributed by atoms with E-state index in [2.05, 4.69) is 0 Å². The molecule has 0 saturated carbocycles. The summed E-state index contributed by atoms with van der Waals surface area (Å²) in [5.41, 5.74) is 1.09. The molecule has 0 unspecified atom stereocenters. The summed E-state index contributed by atoms with van der Waals surface area (Å²) in [6.45, 7) is 0.163. The first-order valence-corrected chi connectivity index (χ1v) is 8.07. The minimum Gasteiger partial charge on any atom is -0.507 e. The highest BCUT2D eigenvalue weighted by Gasteiger charge is 2.14. The van der Waals surface area contributed by atoms with Crippen LogP contribution in [0.25, 0.3) is 21.5 Å². The lowest BCUT2D eigenvalue weighted by atomic mass is 10.1. The number of esters is 1. The highest BCUT2D eigenvalue weighted by molar-refractivity contribution is 5.98. The fourth-order valence-electron chi connectivity index (χ4n) is 2.95. The molecule has 0 aliphatic heterocycles. The highest BCUT2D eigenvalue weighted by Crippen LogP contribution is 2.26. The average molecular weight is 328 g/mol. The van der Waals surface area contributed by atoms with Crippen molar-refractivity contribution in [2.45, 2.75) is 6.61 Å². The van der Waals surface area contributed by atoms with Crippen molar-refractivity contribution in [1.29, 1.82) is 0 Å². The van der Waals surface area contributed by atoms with Crippen LogP contribution >= 0.6 is 0 Å². The van der Waals surface area contributed by atoms with E-state index in [1.165, 1.54) is 0 Å². The van der Waals surface area contributed by atoms with Crippen molar-refractivity contribution in [3.8, 4) is 5.75 Å². The zero-order chi connectivity index (χ0) is 17.2. The van der Waals surface area contributed by atoms with Crippen LogP contribution in [0.1, 0.15) is 15.9 Å². The molecule has 0 bridgehead atoms. The van der Waals surface area contributed by atoms with Gasteiger partial charge in [0.25, 0.3) is 0 Å². The SMILES string of the molecule is O=C(OCc1ccc2ccccc2c1)c1cc2ccccc2cc1O. The van der Waals surface area contributed by atoms with Crippen LogP contribution in [0.4, 0.5) is 0 Å². The summed E-state index contributed by atoms with van der Waals surface area (Å²) in [6, 6.07) is 24.8. The molecule has 0 saturated heterocycles. The molecular formula is C22H16O3. The zero-order valence-corrected chi connectivity index (χ0v) is 13.5. The Kier molecular flexibility index (Phi) is 3.82. The summed E-state index contributed by atoms with van der Waals surface area (Å²) in [7, 11) is 0. The number of phenols is 1. The molecule has 0 aliphatic carbocycles. The fraction of sp³-hybridized carbons (Fsp3) is 0.0455. The molecule has 0 aromatic heterocycles. The molecule has 0 aliphatic rings. The molecule has 4 aromatic carbocycles. The molecule has 25 heavy (non-hydrogen) atoms. The van der Waals surface area contributed by atoms with Crippen molar-refractivity contribution in [2.24, 2.45) is 0 Å². The van der Waals surface area contributed by atoms with Gasteiger partial charge in [0.1, 0.15) is 17.9 Å². The smallest absolute Gasteiger partial charge is 0.342 e. The second-order valence-corrected chi connectivity index (χ2v) is 5.97. The maximum Gasteiger partial charge on any atom is 0.342 e. The van der Waals surface area contributed by atoms with E-state index in [1.807, 2.05) is 66.7 Å². The van der Waals surface area contributed by atoms with Crippen molar-refractivity contribution < 1.29 is 14.6 Å². The Morgan fingerprint density at radius 2 is 1.36 bits per heavy atom. The van der Waals surface area contributed by atoms with E-state index in [0.717, 1.165) is 27.1 Å². The number of carbonyl (C=O) groups is 1. The molecule has 0 spiro atoms. The van der Waals surface area contributed by atoms with E-state index in [-0.39, 0.29) is 17.9 Å². The van der Waals surface area contributed by atoms with Crippen molar-refractivity contribution >= 4 is 27.5 Å². The normalized spacial score (nSPS) is 10.9. The monoisotopic (exact) mass is 328 g/mol. The number of phenolic OH excluding ortho intramolecular Hbond substituents is 1. The topological polar surface area (TPSA) is 46.5 Å². The molecule has 0 heterocycles. The Balaban J connectivity index is 1.56. The van der Waals surface area contributed by atoms with Crippen LogP contribution in [0.15, 0.2) is 78.9 Å². The van der Waals surface area contributed by atoms with E-state index < -0.39 is 5.97 Å². The van der Waals surface area contributed by atoms with E-state index >= 15 is 0 Å². The molecule has 0 fully saturated rings. The molecule has 1 N–H and O–H groups in total. The summed E-state index contributed by atoms with van der Waals surface area (Å²) in [6.07, 6.45) is 0. The van der Waals surface area contributed by atoms with Crippen LogP contribution < -0.4 is 0 Å². The number of benzene rings is 4. The first-order chi connectivity index (χ1) is 12.2. The molecule has 3 nitrogen and oxygen atoms in total. The van der Waals surface area contributed by atoms with Crippen LogP contribution in [-0.4, -0.2) is 11.1 Å². The minimum absolute atomic E-state index is 0.0674. The fourth-order valence-corrected chi connectivity index (χ4v) is 2.95. The van der Waals surface area contributed by atoms with E-state index in [0.29, 0.717) is 0 Å². The number of ether oxygens (including phenoxy) is 1. The van der Waals surface area contributed by atoms with Crippen molar-refractivity contribution in [1.82, 2.24) is 0 Å². The number of rotatable bonds is 3. The second-order valence-electron chi connectivity index (χ2n) is 5.97. The number of fused-ring (bicyclic) bond motifs is 2. The molecule has 0 atom stereocenters. The molecule has 4 rings (SSSR count). The van der Waals surface area contributed by atoms with Gasteiger partial charge in [-0.25, -0.2) is 4.79 Å². The van der Waals surface area contributed by atoms with Gasteiger partial charge in [-0.3, -0.25) is 0 Å². The van der Waals surface area contributed by atoms with Crippen molar-refractivity contribution in [3.05, 3.63) is 90.0 Å². The van der Waals surface area contributed by atoms with Gasteiger partial charge in [-0.05, 0) is 45.3 Å². The molecule has 122 valence electrons. The third-order valence-corrected chi connectivity index (χ3v) is 4.27. The summed E-state index contributed by atoms with van der Waals surface area (Å²) >= 11 is 0. The van der Waals surface area contributed by atoms with Gasteiger partial charge in [-0.15, -0.1) is 0 Å². The quantitative estimate of drug-likeness (QED) is 0.535. The molecule has 4 aromatic rings. The van der Waals surface area contributed by atoms with Gasteiger partial charge in [0, 0.05) is 0 Å². The highest BCUT2D eigenvalue weighted by atomic mass is 16.5. The summed E-state index contributed by atoms with van der Waals surface area (Å²) in [4.78, 5) is 12.4. The molecule has 3 heteroatoms. The molecule has 0 radical (unpaired) electrons. The number of carbonyl (C=O) groups excluding carboxylic acids is 1. The Morgan fingerprint density at radius 1 is 0.760 bits per heavy atom. The van der Waals surface area contributed by atoms with Gasteiger partial charge < -0.3 is 9.84 Å².